The number of aliphatic hydroxyl groups excluding tert-OH is 1. The summed E-state index contributed by atoms with van der Waals surface area (Å²) in [6.45, 7) is 3.98. The summed E-state index contributed by atoms with van der Waals surface area (Å²) in [6.07, 6.45) is 4.22. The van der Waals surface area contributed by atoms with Crippen LogP contribution in [-0.4, -0.2) is 5.11 Å². The predicted molar refractivity (Wildman–Crippen MR) is 60.9 cm³/mol. The first-order chi connectivity index (χ1) is 7.19. The topological polar surface area (TPSA) is 20.2 Å². The summed E-state index contributed by atoms with van der Waals surface area (Å²) in [5, 5.41) is 9.12. The van der Waals surface area contributed by atoms with E-state index in [0.717, 1.165) is 24.0 Å². The summed E-state index contributed by atoms with van der Waals surface area (Å²) < 4.78 is 12.9. The summed E-state index contributed by atoms with van der Waals surface area (Å²) in [6, 6.07) is 4.54. The van der Waals surface area contributed by atoms with Crippen molar-refractivity contribution in [3.63, 3.8) is 0 Å². The Kier molecular flexibility index (Phi) is 4.50. The molecule has 1 N–H and O–H groups in total. The van der Waals surface area contributed by atoms with Crippen molar-refractivity contribution < 1.29 is 9.50 Å². The van der Waals surface area contributed by atoms with Gasteiger partial charge in [0, 0.05) is 0 Å². The number of benzene rings is 1. The zero-order valence-electron chi connectivity index (χ0n) is 9.26. The van der Waals surface area contributed by atoms with Crippen molar-refractivity contribution in [3.05, 3.63) is 41.2 Å². The van der Waals surface area contributed by atoms with E-state index in [9.17, 15) is 4.39 Å². The maximum Gasteiger partial charge on any atom is 0.123 e. The van der Waals surface area contributed by atoms with Gasteiger partial charge >= 0.3 is 0 Å². The van der Waals surface area contributed by atoms with Crippen molar-refractivity contribution in [3.8, 4) is 0 Å². The Bertz CT molecular complexity index is 356. The molecule has 0 saturated carbocycles. The van der Waals surface area contributed by atoms with Gasteiger partial charge in [-0.1, -0.05) is 25.5 Å². The summed E-state index contributed by atoms with van der Waals surface area (Å²) >= 11 is 0. The molecule has 0 aliphatic rings. The maximum absolute atomic E-state index is 12.9. The van der Waals surface area contributed by atoms with E-state index in [2.05, 4.69) is 13.0 Å². The van der Waals surface area contributed by atoms with Crippen LogP contribution in [-0.2, 0) is 6.61 Å². The molecule has 0 bridgehead atoms. The zero-order chi connectivity index (χ0) is 11.3. The van der Waals surface area contributed by atoms with E-state index in [0.29, 0.717) is 5.56 Å². The summed E-state index contributed by atoms with van der Waals surface area (Å²) in [5.74, 6) is -0.300. The molecule has 0 radical (unpaired) electrons. The van der Waals surface area contributed by atoms with E-state index in [1.165, 1.54) is 12.1 Å². The second kappa shape index (κ2) is 5.66. The molecular formula is C13H17FO. The average Bonchev–Trinajstić information content (AvgIpc) is 2.25. The largest absolute Gasteiger partial charge is 0.392 e. The number of aliphatic hydroxyl groups is 1. The van der Waals surface area contributed by atoms with Gasteiger partial charge in [0.1, 0.15) is 5.82 Å². The molecule has 0 aliphatic carbocycles. The second-order valence-corrected chi connectivity index (χ2v) is 3.64. The summed E-state index contributed by atoms with van der Waals surface area (Å²) in [4.78, 5) is 0. The fourth-order valence-corrected chi connectivity index (χ4v) is 1.55. The highest BCUT2D eigenvalue weighted by molar-refractivity contribution is 5.66. The Hall–Kier alpha value is -1.15. The van der Waals surface area contributed by atoms with Crippen LogP contribution < -0.4 is 0 Å². The van der Waals surface area contributed by atoms with Crippen LogP contribution in [0.4, 0.5) is 4.39 Å². The number of unbranched alkanes of at least 4 members (excludes halogenated alkanes) is 1. The van der Waals surface area contributed by atoms with Gasteiger partial charge in [-0.15, -0.1) is 0 Å². The van der Waals surface area contributed by atoms with Crippen LogP contribution in [0.25, 0.3) is 5.57 Å². The van der Waals surface area contributed by atoms with Crippen LogP contribution in [0.5, 0.6) is 0 Å². The maximum atomic E-state index is 12.9. The van der Waals surface area contributed by atoms with Gasteiger partial charge in [0.05, 0.1) is 6.61 Å². The number of hydrogen-bond donors (Lipinski definition) is 1. The number of rotatable bonds is 4. The van der Waals surface area contributed by atoms with Gasteiger partial charge in [0.15, 0.2) is 0 Å². The van der Waals surface area contributed by atoms with Crippen molar-refractivity contribution in [1.29, 1.82) is 0 Å². The Morgan fingerprint density at radius 2 is 2.20 bits per heavy atom. The first kappa shape index (κ1) is 11.9. The lowest BCUT2D eigenvalue weighted by molar-refractivity contribution is 0.281. The van der Waals surface area contributed by atoms with Crippen molar-refractivity contribution in [2.45, 2.75) is 33.3 Å². The van der Waals surface area contributed by atoms with Crippen LogP contribution in [0.1, 0.15) is 37.8 Å². The van der Waals surface area contributed by atoms with Gasteiger partial charge in [0.2, 0.25) is 0 Å². The minimum Gasteiger partial charge on any atom is -0.392 e. The Morgan fingerprint density at radius 3 is 2.80 bits per heavy atom. The van der Waals surface area contributed by atoms with E-state index < -0.39 is 0 Å². The fourth-order valence-electron chi connectivity index (χ4n) is 1.55. The third kappa shape index (κ3) is 3.17. The highest BCUT2D eigenvalue weighted by atomic mass is 19.1. The highest BCUT2D eigenvalue weighted by Gasteiger charge is 2.04. The lowest BCUT2D eigenvalue weighted by atomic mass is 10.00. The molecule has 1 aromatic rings. The molecule has 0 aromatic heterocycles. The molecule has 0 heterocycles. The Morgan fingerprint density at radius 1 is 1.47 bits per heavy atom. The minimum atomic E-state index is -0.300. The molecule has 0 unspecified atom stereocenters. The van der Waals surface area contributed by atoms with Crippen molar-refractivity contribution in [2.24, 2.45) is 0 Å². The van der Waals surface area contributed by atoms with E-state index in [1.807, 2.05) is 6.92 Å². The van der Waals surface area contributed by atoms with E-state index >= 15 is 0 Å². The zero-order valence-corrected chi connectivity index (χ0v) is 9.26. The summed E-state index contributed by atoms with van der Waals surface area (Å²) in [5.41, 5.74) is 2.69. The van der Waals surface area contributed by atoms with Gasteiger partial charge < -0.3 is 5.11 Å². The van der Waals surface area contributed by atoms with Crippen molar-refractivity contribution in [1.82, 2.24) is 0 Å². The van der Waals surface area contributed by atoms with Crippen LogP contribution in [0, 0.1) is 5.82 Å². The molecule has 0 spiro atoms. The SMILES string of the molecule is CCC/C=C(\C)c1ccc(F)cc1CO. The normalized spacial score (nSPS) is 11.9. The van der Waals surface area contributed by atoms with Gasteiger partial charge in [-0.05, 0) is 42.2 Å². The fraction of sp³-hybridized carbons (Fsp3) is 0.385. The molecule has 82 valence electrons. The predicted octanol–water partition coefficient (Wildman–Crippen LogP) is 3.52. The molecule has 0 amide bonds. The van der Waals surface area contributed by atoms with Gasteiger partial charge in [-0.25, -0.2) is 4.39 Å². The summed E-state index contributed by atoms with van der Waals surface area (Å²) in [7, 11) is 0. The standard InChI is InChI=1S/C13H17FO/c1-3-4-5-10(2)13-7-6-12(14)8-11(13)9-15/h5-8,15H,3-4,9H2,1-2H3/b10-5+. The second-order valence-electron chi connectivity index (χ2n) is 3.64. The van der Waals surface area contributed by atoms with Gasteiger partial charge in [-0.3, -0.25) is 0 Å². The van der Waals surface area contributed by atoms with Gasteiger partial charge in [0.25, 0.3) is 0 Å². The van der Waals surface area contributed by atoms with Crippen LogP contribution in [0.2, 0.25) is 0 Å². The Balaban J connectivity index is 3.02. The van der Waals surface area contributed by atoms with E-state index in [4.69, 9.17) is 5.11 Å². The highest BCUT2D eigenvalue weighted by Crippen LogP contribution is 2.20. The molecular weight excluding hydrogens is 191 g/mol. The average molecular weight is 208 g/mol. The van der Waals surface area contributed by atoms with E-state index in [-0.39, 0.29) is 12.4 Å². The lowest BCUT2D eigenvalue weighted by Gasteiger charge is -2.07. The minimum absolute atomic E-state index is 0.121. The van der Waals surface area contributed by atoms with Crippen LogP contribution >= 0.6 is 0 Å². The number of hydrogen-bond acceptors (Lipinski definition) is 1. The quantitative estimate of drug-likeness (QED) is 0.802. The lowest BCUT2D eigenvalue weighted by Crippen LogP contribution is -1.93. The molecule has 2 heteroatoms. The molecule has 0 saturated heterocycles. The first-order valence-corrected chi connectivity index (χ1v) is 5.25. The molecule has 15 heavy (non-hydrogen) atoms. The van der Waals surface area contributed by atoms with Crippen LogP contribution in [0.15, 0.2) is 24.3 Å². The van der Waals surface area contributed by atoms with Crippen LogP contribution in [0.3, 0.4) is 0 Å². The van der Waals surface area contributed by atoms with E-state index in [1.54, 1.807) is 6.07 Å². The number of allylic oxidation sites excluding steroid dienone is 2. The third-order valence-corrected chi connectivity index (χ3v) is 2.40. The molecule has 0 aliphatic heterocycles. The van der Waals surface area contributed by atoms with Crippen molar-refractivity contribution in [2.75, 3.05) is 0 Å². The van der Waals surface area contributed by atoms with Gasteiger partial charge in [-0.2, -0.15) is 0 Å². The molecule has 1 aromatic carbocycles. The molecule has 1 nitrogen and oxygen atoms in total. The Labute approximate surface area is 90.3 Å². The molecule has 0 atom stereocenters. The third-order valence-electron chi connectivity index (χ3n) is 2.40. The molecule has 1 rings (SSSR count). The number of halogens is 1. The van der Waals surface area contributed by atoms with Crippen molar-refractivity contribution >= 4 is 5.57 Å². The smallest absolute Gasteiger partial charge is 0.123 e. The molecule has 0 fully saturated rings. The first-order valence-electron chi connectivity index (χ1n) is 5.25. The monoisotopic (exact) mass is 208 g/mol.